The van der Waals surface area contributed by atoms with Crippen LogP contribution < -0.4 is 0 Å². The fraction of sp³-hybridized carbons (Fsp3) is 0.280. The fourth-order valence-corrected chi connectivity index (χ4v) is 3.46. The topological polar surface area (TPSA) is 0 Å². The molecular formula is C25H26F2. The molecule has 3 rings (SSSR count). The molecule has 0 fully saturated rings. The summed E-state index contributed by atoms with van der Waals surface area (Å²) < 4.78 is 28.1. The van der Waals surface area contributed by atoms with Gasteiger partial charge in [-0.05, 0) is 53.3 Å². The molecule has 0 aliphatic carbocycles. The van der Waals surface area contributed by atoms with Crippen LogP contribution in [0.5, 0.6) is 0 Å². The van der Waals surface area contributed by atoms with Gasteiger partial charge in [0.2, 0.25) is 0 Å². The summed E-state index contributed by atoms with van der Waals surface area (Å²) in [5, 5.41) is 0. The summed E-state index contributed by atoms with van der Waals surface area (Å²) in [6.07, 6.45) is 6.97. The molecule has 0 saturated heterocycles. The molecule has 0 aliphatic heterocycles. The van der Waals surface area contributed by atoms with Gasteiger partial charge in [0.05, 0.1) is 0 Å². The number of hydrogen-bond acceptors (Lipinski definition) is 0. The quantitative estimate of drug-likeness (QED) is 0.357. The number of benzene rings is 3. The van der Waals surface area contributed by atoms with Crippen LogP contribution in [0.25, 0.3) is 22.3 Å². The van der Waals surface area contributed by atoms with Crippen LogP contribution in [0.15, 0.2) is 66.7 Å². The molecule has 0 heterocycles. The Bertz CT molecular complexity index is 866. The molecule has 3 aromatic carbocycles. The Morgan fingerprint density at radius 1 is 0.667 bits per heavy atom. The van der Waals surface area contributed by atoms with Crippen molar-refractivity contribution in [2.24, 2.45) is 0 Å². The third kappa shape index (κ3) is 5.03. The largest absolute Gasteiger partial charge is 0.207 e. The lowest BCUT2D eigenvalue weighted by Crippen LogP contribution is -1.92. The maximum Gasteiger partial charge on any atom is 0.131 e. The Hall–Kier alpha value is -2.48. The SMILES string of the molecule is CCCCCCCc1ccc(-c2ccccc2-c2ccc(F)cc2)c(F)c1. The monoisotopic (exact) mass is 364 g/mol. The van der Waals surface area contributed by atoms with E-state index in [2.05, 4.69) is 6.92 Å². The van der Waals surface area contributed by atoms with E-state index in [1.807, 2.05) is 36.4 Å². The summed E-state index contributed by atoms with van der Waals surface area (Å²) in [6.45, 7) is 2.21. The highest BCUT2D eigenvalue weighted by Gasteiger charge is 2.12. The van der Waals surface area contributed by atoms with Crippen LogP contribution in [0.3, 0.4) is 0 Å². The lowest BCUT2D eigenvalue weighted by Gasteiger charge is -2.12. The molecule has 27 heavy (non-hydrogen) atoms. The highest BCUT2D eigenvalue weighted by Crippen LogP contribution is 2.34. The minimum absolute atomic E-state index is 0.199. The van der Waals surface area contributed by atoms with Crippen LogP contribution in [0, 0.1) is 11.6 Å². The Balaban J connectivity index is 1.82. The van der Waals surface area contributed by atoms with Crippen molar-refractivity contribution < 1.29 is 8.78 Å². The summed E-state index contributed by atoms with van der Waals surface area (Å²) >= 11 is 0. The van der Waals surface area contributed by atoms with E-state index in [0.717, 1.165) is 35.1 Å². The molecule has 0 saturated carbocycles. The maximum atomic E-state index is 14.9. The zero-order valence-electron chi connectivity index (χ0n) is 15.8. The maximum absolute atomic E-state index is 14.9. The first-order chi connectivity index (χ1) is 13.2. The van der Waals surface area contributed by atoms with Crippen molar-refractivity contribution in [2.75, 3.05) is 0 Å². The summed E-state index contributed by atoms with van der Waals surface area (Å²) in [5.74, 6) is -0.471. The van der Waals surface area contributed by atoms with Crippen LogP contribution in [-0.2, 0) is 6.42 Å². The first kappa shape index (κ1) is 19.3. The van der Waals surface area contributed by atoms with Gasteiger partial charge in [0.25, 0.3) is 0 Å². The van der Waals surface area contributed by atoms with Gasteiger partial charge < -0.3 is 0 Å². The van der Waals surface area contributed by atoms with Gasteiger partial charge in [-0.25, -0.2) is 8.78 Å². The smallest absolute Gasteiger partial charge is 0.131 e. The zero-order chi connectivity index (χ0) is 19.1. The molecule has 0 nitrogen and oxygen atoms in total. The van der Waals surface area contributed by atoms with E-state index in [9.17, 15) is 8.78 Å². The van der Waals surface area contributed by atoms with Crippen molar-refractivity contribution in [3.63, 3.8) is 0 Å². The molecule has 0 aromatic heterocycles. The second-order valence-electron chi connectivity index (χ2n) is 7.03. The summed E-state index contributed by atoms with van der Waals surface area (Å²) in [6, 6.07) is 19.6. The van der Waals surface area contributed by atoms with Crippen molar-refractivity contribution in [1.29, 1.82) is 0 Å². The molecule has 0 aliphatic rings. The first-order valence-corrected chi connectivity index (χ1v) is 9.83. The summed E-state index contributed by atoms with van der Waals surface area (Å²) in [4.78, 5) is 0. The van der Waals surface area contributed by atoms with Gasteiger partial charge in [0, 0.05) is 5.56 Å². The van der Waals surface area contributed by atoms with Gasteiger partial charge in [-0.15, -0.1) is 0 Å². The van der Waals surface area contributed by atoms with E-state index in [0.29, 0.717) is 5.56 Å². The van der Waals surface area contributed by atoms with E-state index in [4.69, 9.17) is 0 Å². The van der Waals surface area contributed by atoms with Gasteiger partial charge in [0.15, 0.2) is 0 Å². The van der Waals surface area contributed by atoms with Gasteiger partial charge >= 0.3 is 0 Å². The van der Waals surface area contributed by atoms with Crippen molar-refractivity contribution in [3.05, 3.63) is 83.9 Å². The van der Waals surface area contributed by atoms with E-state index < -0.39 is 0 Å². The molecule has 0 atom stereocenters. The molecule has 0 amide bonds. The van der Waals surface area contributed by atoms with Crippen LogP contribution in [-0.4, -0.2) is 0 Å². The van der Waals surface area contributed by atoms with Crippen molar-refractivity contribution in [3.8, 4) is 22.3 Å². The number of unbranched alkanes of at least 4 members (excludes halogenated alkanes) is 4. The molecular weight excluding hydrogens is 338 g/mol. The third-order valence-electron chi connectivity index (χ3n) is 4.97. The van der Waals surface area contributed by atoms with E-state index in [1.54, 1.807) is 18.2 Å². The lowest BCUT2D eigenvalue weighted by atomic mass is 9.93. The Labute approximate surface area is 160 Å². The predicted octanol–water partition coefficient (Wildman–Crippen LogP) is 7.81. The average molecular weight is 364 g/mol. The van der Waals surface area contributed by atoms with Crippen molar-refractivity contribution in [2.45, 2.75) is 45.4 Å². The van der Waals surface area contributed by atoms with Crippen molar-refractivity contribution >= 4 is 0 Å². The van der Waals surface area contributed by atoms with Crippen molar-refractivity contribution in [1.82, 2.24) is 0 Å². The number of hydrogen-bond donors (Lipinski definition) is 0. The normalized spacial score (nSPS) is 10.9. The molecule has 0 bridgehead atoms. The van der Waals surface area contributed by atoms with Crippen LogP contribution in [0.4, 0.5) is 8.78 Å². The van der Waals surface area contributed by atoms with Crippen LogP contribution in [0.2, 0.25) is 0 Å². The average Bonchev–Trinajstić information content (AvgIpc) is 2.69. The predicted molar refractivity (Wildman–Crippen MR) is 110 cm³/mol. The Morgan fingerprint density at radius 2 is 1.37 bits per heavy atom. The molecule has 0 radical (unpaired) electrons. The minimum atomic E-state index is -0.272. The number of aryl methyl sites for hydroxylation is 1. The zero-order valence-corrected chi connectivity index (χ0v) is 15.8. The molecule has 0 N–H and O–H groups in total. The van der Waals surface area contributed by atoms with Gasteiger partial charge in [0.1, 0.15) is 11.6 Å². The molecule has 0 spiro atoms. The standard InChI is InChI=1S/C25H26F2/c1-2-3-4-5-6-9-19-12-17-24(25(27)18-19)23-11-8-7-10-22(23)20-13-15-21(26)16-14-20/h7-8,10-18H,2-6,9H2,1H3. The third-order valence-corrected chi connectivity index (χ3v) is 4.97. The molecule has 3 aromatic rings. The van der Waals surface area contributed by atoms with E-state index in [-0.39, 0.29) is 11.6 Å². The lowest BCUT2D eigenvalue weighted by molar-refractivity contribution is 0.618. The highest BCUT2D eigenvalue weighted by molar-refractivity contribution is 5.83. The van der Waals surface area contributed by atoms with Gasteiger partial charge in [-0.2, -0.15) is 0 Å². The molecule has 2 heteroatoms. The highest BCUT2D eigenvalue weighted by atomic mass is 19.1. The second-order valence-corrected chi connectivity index (χ2v) is 7.03. The Kier molecular flexibility index (Phi) is 6.75. The second kappa shape index (κ2) is 9.45. The fourth-order valence-electron chi connectivity index (χ4n) is 3.46. The summed E-state index contributed by atoms with van der Waals surface area (Å²) in [5.41, 5.74) is 4.25. The van der Waals surface area contributed by atoms with Crippen LogP contribution in [0.1, 0.15) is 44.6 Å². The van der Waals surface area contributed by atoms with Crippen LogP contribution >= 0.6 is 0 Å². The van der Waals surface area contributed by atoms with E-state index in [1.165, 1.54) is 37.8 Å². The number of rotatable bonds is 8. The summed E-state index contributed by atoms with van der Waals surface area (Å²) in [7, 11) is 0. The number of halogens is 2. The van der Waals surface area contributed by atoms with E-state index >= 15 is 0 Å². The molecule has 0 unspecified atom stereocenters. The molecule has 140 valence electrons. The van der Waals surface area contributed by atoms with Gasteiger partial charge in [-0.3, -0.25) is 0 Å². The first-order valence-electron chi connectivity index (χ1n) is 9.83. The Morgan fingerprint density at radius 3 is 2.07 bits per heavy atom. The van der Waals surface area contributed by atoms with Gasteiger partial charge in [-0.1, -0.05) is 81.1 Å². The minimum Gasteiger partial charge on any atom is -0.207 e.